The predicted octanol–water partition coefficient (Wildman–Crippen LogP) is 2.83. The lowest BCUT2D eigenvalue weighted by atomic mass is 10.1. The zero-order valence-electron chi connectivity index (χ0n) is 12.6. The highest BCUT2D eigenvalue weighted by Gasteiger charge is 2.13. The molecule has 0 atom stereocenters. The van der Waals surface area contributed by atoms with Crippen molar-refractivity contribution in [2.75, 3.05) is 7.11 Å². The molecule has 0 unspecified atom stereocenters. The molecule has 1 aromatic heterocycles. The van der Waals surface area contributed by atoms with Crippen LogP contribution in [0, 0.1) is 5.92 Å². The van der Waals surface area contributed by atoms with Crippen molar-refractivity contribution >= 4 is 5.78 Å². The van der Waals surface area contributed by atoms with Gasteiger partial charge >= 0.3 is 0 Å². The van der Waals surface area contributed by atoms with E-state index in [2.05, 4.69) is 10.1 Å². The highest BCUT2D eigenvalue weighted by atomic mass is 16.5. The van der Waals surface area contributed by atoms with Gasteiger partial charge in [0.25, 0.3) is 0 Å². The smallest absolute Gasteiger partial charge is 0.234 e. The number of aromatic nitrogens is 2. The van der Waals surface area contributed by atoms with Gasteiger partial charge in [0.15, 0.2) is 5.82 Å². The minimum Gasteiger partial charge on any atom is -0.497 e. The van der Waals surface area contributed by atoms with Gasteiger partial charge in [-0.1, -0.05) is 31.1 Å². The molecule has 2 aromatic rings. The summed E-state index contributed by atoms with van der Waals surface area (Å²) >= 11 is 0. The third-order valence-corrected chi connectivity index (χ3v) is 2.99. The number of rotatable bonds is 7. The molecule has 0 aliphatic heterocycles. The topological polar surface area (TPSA) is 65.2 Å². The zero-order chi connectivity index (χ0) is 15.2. The van der Waals surface area contributed by atoms with E-state index in [-0.39, 0.29) is 12.2 Å². The Bertz CT molecular complexity index is 605. The Hall–Kier alpha value is -2.17. The van der Waals surface area contributed by atoms with E-state index in [1.807, 2.05) is 38.1 Å². The van der Waals surface area contributed by atoms with Crippen LogP contribution in [0.1, 0.15) is 37.5 Å². The van der Waals surface area contributed by atoms with E-state index >= 15 is 0 Å². The van der Waals surface area contributed by atoms with Gasteiger partial charge in [0, 0.05) is 12.8 Å². The quantitative estimate of drug-likeness (QED) is 0.783. The van der Waals surface area contributed by atoms with Crippen molar-refractivity contribution in [3.8, 4) is 5.75 Å². The number of ether oxygens (including phenoxy) is 1. The molecule has 0 N–H and O–H groups in total. The number of hydrogen-bond donors (Lipinski definition) is 0. The Morgan fingerprint density at radius 2 is 2.19 bits per heavy atom. The number of Topliss-reactive ketones (excluding diaryl/α,β-unsaturated/α-hetero) is 1. The van der Waals surface area contributed by atoms with Crippen molar-refractivity contribution in [2.45, 2.75) is 33.1 Å². The van der Waals surface area contributed by atoms with Crippen LogP contribution in [0.15, 0.2) is 28.8 Å². The summed E-state index contributed by atoms with van der Waals surface area (Å²) in [5.74, 6) is 2.23. The molecule has 0 aliphatic rings. The van der Waals surface area contributed by atoms with Gasteiger partial charge in [-0.25, -0.2) is 0 Å². The van der Waals surface area contributed by atoms with Crippen LogP contribution in [0.25, 0.3) is 0 Å². The molecule has 21 heavy (non-hydrogen) atoms. The van der Waals surface area contributed by atoms with Crippen molar-refractivity contribution < 1.29 is 14.1 Å². The molecular formula is C16H20N2O3. The van der Waals surface area contributed by atoms with Crippen LogP contribution in [0.3, 0.4) is 0 Å². The van der Waals surface area contributed by atoms with E-state index in [9.17, 15) is 4.79 Å². The molecule has 5 nitrogen and oxygen atoms in total. The van der Waals surface area contributed by atoms with Gasteiger partial charge in [0.2, 0.25) is 5.89 Å². The van der Waals surface area contributed by atoms with Crippen molar-refractivity contribution in [2.24, 2.45) is 5.92 Å². The maximum atomic E-state index is 11.7. The second kappa shape index (κ2) is 7.02. The number of nitrogens with zero attached hydrogens (tertiary/aromatic N) is 2. The number of carbonyl (C=O) groups is 1. The summed E-state index contributed by atoms with van der Waals surface area (Å²) in [6.07, 6.45) is 1.30. The third-order valence-electron chi connectivity index (χ3n) is 2.99. The Morgan fingerprint density at radius 1 is 1.38 bits per heavy atom. The number of ketones is 1. The van der Waals surface area contributed by atoms with E-state index < -0.39 is 0 Å². The maximum Gasteiger partial charge on any atom is 0.234 e. The summed E-state index contributed by atoms with van der Waals surface area (Å²) in [5, 5.41) is 3.92. The van der Waals surface area contributed by atoms with Gasteiger partial charge in [-0.3, -0.25) is 4.79 Å². The van der Waals surface area contributed by atoms with Crippen molar-refractivity contribution in [3.05, 3.63) is 41.5 Å². The van der Waals surface area contributed by atoms with Gasteiger partial charge in [-0.2, -0.15) is 4.98 Å². The van der Waals surface area contributed by atoms with Crippen LogP contribution >= 0.6 is 0 Å². The van der Waals surface area contributed by atoms with Crippen LogP contribution in [0.2, 0.25) is 0 Å². The Kier molecular flexibility index (Phi) is 5.09. The monoisotopic (exact) mass is 288 g/mol. The van der Waals surface area contributed by atoms with Gasteiger partial charge in [0.05, 0.1) is 13.5 Å². The lowest BCUT2D eigenvalue weighted by Gasteiger charge is -2.01. The molecule has 0 saturated carbocycles. The van der Waals surface area contributed by atoms with E-state index in [0.717, 1.165) is 11.3 Å². The SMILES string of the molecule is COc1cccc(Cc2noc(CC(=O)CC(C)C)n2)c1. The van der Waals surface area contributed by atoms with Crippen LogP contribution in [0.5, 0.6) is 5.75 Å². The summed E-state index contributed by atoms with van der Waals surface area (Å²) in [7, 11) is 1.63. The molecule has 0 fully saturated rings. The summed E-state index contributed by atoms with van der Waals surface area (Å²) in [4.78, 5) is 16.0. The first-order valence-corrected chi connectivity index (χ1v) is 7.03. The van der Waals surface area contributed by atoms with Crippen LogP contribution in [-0.2, 0) is 17.6 Å². The number of hydrogen-bond acceptors (Lipinski definition) is 5. The number of benzene rings is 1. The molecule has 5 heteroatoms. The fraction of sp³-hybridized carbons (Fsp3) is 0.438. The normalized spacial score (nSPS) is 10.9. The number of methoxy groups -OCH3 is 1. The highest BCUT2D eigenvalue weighted by molar-refractivity contribution is 5.80. The molecule has 1 heterocycles. The highest BCUT2D eigenvalue weighted by Crippen LogP contribution is 2.15. The Labute approximate surface area is 124 Å². The molecule has 0 radical (unpaired) electrons. The lowest BCUT2D eigenvalue weighted by Crippen LogP contribution is -2.06. The van der Waals surface area contributed by atoms with E-state index in [4.69, 9.17) is 9.26 Å². The summed E-state index contributed by atoms with van der Waals surface area (Å²) in [6.45, 7) is 4.03. The van der Waals surface area contributed by atoms with Crippen LogP contribution < -0.4 is 4.74 Å². The van der Waals surface area contributed by atoms with E-state index in [1.54, 1.807) is 7.11 Å². The average Bonchev–Trinajstić information content (AvgIpc) is 2.85. The second-order valence-corrected chi connectivity index (χ2v) is 5.45. The molecule has 0 saturated heterocycles. The Morgan fingerprint density at radius 3 is 2.90 bits per heavy atom. The summed E-state index contributed by atoms with van der Waals surface area (Å²) in [6, 6.07) is 7.71. The van der Waals surface area contributed by atoms with E-state index in [0.29, 0.717) is 30.5 Å². The van der Waals surface area contributed by atoms with E-state index in [1.165, 1.54) is 0 Å². The molecule has 0 aliphatic carbocycles. The molecule has 0 bridgehead atoms. The van der Waals surface area contributed by atoms with Gasteiger partial charge in [-0.05, 0) is 23.6 Å². The third kappa shape index (κ3) is 4.70. The van der Waals surface area contributed by atoms with Crippen molar-refractivity contribution in [1.29, 1.82) is 0 Å². The molecular weight excluding hydrogens is 268 g/mol. The summed E-state index contributed by atoms with van der Waals surface area (Å²) in [5.41, 5.74) is 1.04. The van der Waals surface area contributed by atoms with Gasteiger partial charge in [-0.15, -0.1) is 0 Å². The average molecular weight is 288 g/mol. The lowest BCUT2D eigenvalue weighted by molar-refractivity contribution is -0.119. The molecule has 2 rings (SSSR count). The van der Waals surface area contributed by atoms with Gasteiger partial charge in [0.1, 0.15) is 11.5 Å². The van der Waals surface area contributed by atoms with Gasteiger partial charge < -0.3 is 9.26 Å². The fourth-order valence-electron chi connectivity index (χ4n) is 2.09. The first kappa shape index (κ1) is 15.2. The molecule has 112 valence electrons. The Balaban J connectivity index is 1.98. The standard InChI is InChI=1S/C16H20N2O3/c1-11(2)7-13(19)10-16-17-15(18-21-16)9-12-5-4-6-14(8-12)20-3/h4-6,8,11H,7,9-10H2,1-3H3. The minimum absolute atomic E-state index is 0.126. The zero-order valence-corrected chi connectivity index (χ0v) is 12.6. The van der Waals surface area contributed by atoms with Crippen molar-refractivity contribution in [1.82, 2.24) is 10.1 Å². The maximum absolute atomic E-state index is 11.7. The largest absolute Gasteiger partial charge is 0.497 e. The summed E-state index contributed by atoms with van der Waals surface area (Å²) < 4.78 is 10.3. The van der Waals surface area contributed by atoms with Crippen LogP contribution in [0.4, 0.5) is 0 Å². The number of carbonyl (C=O) groups excluding carboxylic acids is 1. The fourth-order valence-corrected chi connectivity index (χ4v) is 2.09. The van der Waals surface area contributed by atoms with Crippen LogP contribution in [-0.4, -0.2) is 23.0 Å². The predicted molar refractivity (Wildman–Crippen MR) is 78.3 cm³/mol. The minimum atomic E-state index is 0.126. The first-order valence-electron chi connectivity index (χ1n) is 7.03. The molecule has 0 spiro atoms. The molecule has 0 amide bonds. The second-order valence-electron chi connectivity index (χ2n) is 5.45. The van der Waals surface area contributed by atoms with Crippen molar-refractivity contribution in [3.63, 3.8) is 0 Å². The first-order chi connectivity index (χ1) is 10.1. The molecule has 1 aromatic carbocycles.